The SMILES string of the molecule is O=C(O)C1C(C(Cl)=C(Cl)Cl)C12CCCCC2. The van der Waals surface area contributed by atoms with E-state index in [1.807, 2.05) is 0 Å². The zero-order chi connectivity index (χ0) is 11.9. The van der Waals surface area contributed by atoms with E-state index >= 15 is 0 Å². The summed E-state index contributed by atoms with van der Waals surface area (Å²) in [7, 11) is 0. The van der Waals surface area contributed by atoms with Crippen molar-refractivity contribution in [2.45, 2.75) is 32.1 Å². The van der Waals surface area contributed by atoms with Gasteiger partial charge in [-0.15, -0.1) is 0 Å². The summed E-state index contributed by atoms with van der Waals surface area (Å²) in [5, 5.41) is 9.54. The predicted molar refractivity (Wildman–Crippen MR) is 64.7 cm³/mol. The lowest BCUT2D eigenvalue weighted by molar-refractivity contribution is -0.139. The smallest absolute Gasteiger partial charge is 0.307 e. The molecule has 0 bridgehead atoms. The average molecular weight is 284 g/mol. The van der Waals surface area contributed by atoms with Crippen molar-refractivity contribution < 1.29 is 9.90 Å². The van der Waals surface area contributed by atoms with E-state index in [0.717, 1.165) is 25.7 Å². The van der Waals surface area contributed by atoms with Crippen LogP contribution in [-0.4, -0.2) is 11.1 Å². The summed E-state index contributed by atoms with van der Waals surface area (Å²) in [6, 6.07) is 0. The molecule has 2 fully saturated rings. The summed E-state index contributed by atoms with van der Waals surface area (Å²) in [5.74, 6) is -1.34. The zero-order valence-corrected chi connectivity index (χ0v) is 10.9. The maximum Gasteiger partial charge on any atom is 0.307 e. The normalized spacial score (nSPS) is 31.2. The summed E-state index contributed by atoms with van der Waals surface area (Å²) in [6.07, 6.45) is 5.17. The van der Waals surface area contributed by atoms with Gasteiger partial charge >= 0.3 is 5.97 Å². The largest absolute Gasteiger partial charge is 0.481 e. The molecular weight excluding hydrogens is 270 g/mol. The molecule has 5 heteroatoms. The van der Waals surface area contributed by atoms with E-state index in [-0.39, 0.29) is 15.8 Å². The Labute approximate surface area is 110 Å². The van der Waals surface area contributed by atoms with Crippen LogP contribution in [0.5, 0.6) is 0 Å². The molecule has 0 aromatic carbocycles. The summed E-state index contributed by atoms with van der Waals surface area (Å²) in [5.41, 5.74) is -0.170. The first-order valence-corrected chi connectivity index (χ1v) is 6.57. The predicted octanol–water partition coefficient (Wildman–Crippen LogP) is 4.15. The fourth-order valence-electron chi connectivity index (χ4n) is 3.23. The lowest BCUT2D eigenvalue weighted by Crippen LogP contribution is -2.14. The second-order valence-corrected chi connectivity index (χ2v) is 6.05. The van der Waals surface area contributed by atoms with Crippen molar-refractivity contribution in [2.75, 3.05) is 0 Å². The molecule has 1 spiro atoms. The van der Waals surface area contributed by atoms with Gasteiger partial charge in [0.05, 0.1) is 11.0 Å². The maximum atomic E-state index is 11.2. The Morgan fingerprint density at radius 1 is 1.06 bits per heavy atom. The number of hydrogen-bond donors (Lipinski definition) is 1. The number of halogens is 3. The van der Waals surface area contributed by atoms with Crippen molar-refractivity contribution in [1.82, 2.24) is 0 Å². The Morgan fingerprint density at radius 2 is 1.62 bits per heavy atom. The van der Waals surface area contributed by atoms with E-state index in [4.69, 9.17) is 34.8 Å². The number of hydrogen-bond acceptors (Lipinski definition) is 1. The van der Waals surface area contributed by atoms with Crippen molar-refractivity contribution in [3.63, 3.8) is 0 Å². The monoisotopic (exact) mass is 282 g/mol. The molecule has 0 aliphatic heterocycles. The van der Waals surface area contributed by atoms with E-state index in [0.29, 0.717) is 5.03 Å². The fraction of sp³-hybridized carbons (Fsp3) is 0.727. The van der Waals surface area contributed by atoms with Gasteiger partial charge in [-0.1, -0.05) is 54.1 Å². The topological polar surface area (TPSA) is 37.3 Å². The third kappa shape index (κ3) is 1.85. The van der Waals surface area contributed by atoms with Crippen LogP contribution in [0.15, 0.2) is 9.52 Å². The first-order chi connectivity index (χ1) is 7.50. The van der Waals surface area contributed by atoms with Gasteiger partial charge < -0.3 is 5.11 Å². The molecule has 16 heavy (non-hydrogen) atoms. The van der Waals surface area contributed by atoms with Crippen LogP contribution >= 0.6 is 34.8 Å². The highest BCUT2D eigenvalue weighted by Gasteiger charge is 2.69. The van der Waals surface area contributed by atoms with Gasteiger partial charge in [0.25, 0.3) is 0 Å². The maximum absolute atomic E-state index is 11.2. The molecule has 2 aliphatic rings. The molecule has 2 aliphatic carbocycles. The van der Waals surface area contributed by atoms with Crippen LogP contribution < -0.4 is 0 Å². The number of carbonyl (C=O) groups is 1. The van der Waals surface area contributed by atoms with Gasteiger partial charge in [-0.25, -0.2) is 0 Å². The second-order valence-electron chi connectivity index (χ2n) is 4.70. The number of carboxylic acids is 1. The third-order valence-corrected chi connectivity index (χ3v) is 4.99. The first-order valence-electron chi connectivity index (χ1n) is 5.44. The van der Waals surface area contributed by atoms with Crippen LogP contribution in [0.2, 0.25) is 0 Å². The van der Waals surface area contributed by atoms with Crippen molar-refractivity contribution >= 4 is 40.8 Å². The Bertz CT molecular complexity index is 341. The van der Waals surface area contributed by atoms with Crippen LogP contribution in [-0.2, 0) is 4.79 Å². The van der Waals surface area contributed by atoms with Gasteiger partial charge in [0.1, 0.15) is 4.49 Å². The van der Waals surface area contributed by atoms with Gasteiger partial charge in [-0.3, -0.25) is 4.79 Å². The molecule has 0 amide bonds. The molecule has 2 saturated carbocycles. The van der Waals surface area contributed by atoms with E-state index in [1.54, 1.807) is 0 Å². The van der Waals surface area contributed by atoms with Gasteiger partial charge in [0.15, 0.2) is 0 Å². The van der Waals surface area contributed by atoms with Gasteiger partial charge in [-0.05, 0) is 18.3 Å². The minimum Gasteiger partial charge on any atom is -0.481 e. The molecule has 0 aromatic rings. The zero-order valence-electron chi connectivity index (χ0n) is 8.68. The molecule has 2 nitrogen and oxygen atoms in total. The molecular formula is C11H13Cl3O2. The molecule has 0 aromatic heterocycles. The van der Waals surface area contributed by atoms with Gasteiger partial charge in [-0.2, -0.15) is 0 Å². The van der Waals surface area contributed by atoms with Crippen molar-refractivity contribution in [3.8, 4) is 0 Å². The average Bonchev–Trinajstić information content (AvgIpc) is 2.86. The Kier molecular flexibility index (Phi) is 3.44. The highest BCUT2D eigenvalue weighted by Crippen LogP contribution is 2.70. The lowest BCUT2D eigenvalue weighted by atomic mass is 9.83. The fourth-order valence-corrected chi connectivity index (χ4v) is 3.81. The minimum atomic E-state index is -0.778. The summed E-state index contributed by atoms with van der Waals surface area (Å²) >= 11 is 17.3. The second kappa shape index (κ2) is 4.40. The Morgan fingerprint density at radius 3 is 2.06 bits per heavy atom. The molecule has 2 rings (SSSR count). The quantitative estimate of drug-likeness (QED) is 0.826. The number of aliphatic carboxylic acids is 1. The Balaban J connectivity index is 2.25. The Hall–Kier alpha value is 0.0800. The molecule has 0 heterocycles. The molecule has 2 unspecified atom stereocenters. The molecule has 1 N–H and O–H groups in total. The van der Waals surface area contributed by atoms with E-state index < -0.39 is 11.9 Å². The van der Waals surface area contributed by atoms with Crippen LogP contribution in [0.25, 0.3) is 0 Å². The van der Waals surface area contributed by atoms with Crippen LogP contribution in [0.1, 0.15) is 32.1 Å². The van der Waals surface area contributed by atoms with E-state index in [2.05, 4.69) is 0 Å². The van der Waals surface area contributed by atoms with Gasteiger partial charge in [0, 0.05) is 5.92 Å². The van der Waals surface area contributed by atoms with E-state index in [9.17, 15) is 9.90 Å². The molecule has 0 saturated heterocycles. The highest BCUT2D eigenvalue weighted by molar-refractivity contribution is 6.59. The summed E-state index contributed by atoms with van der Waals surface area (Å²) in [6.45, 7) is 0. The molecule has 90 valence electrons. The molecule has 0 radical (unpaired) electrons. The molecule has 2 atom stereocenters. The highest BCUT2D eigenvalue weighted by atomic mass is 35.5. The van der Waals surface area contributed by atoms with Crippen LogP contribution in [0.4, 0.5) is 0 Å². The van der Waals surface area contributed by atoms with Crippen molar-refractivity contribution in [1.29, 1.82) is 0 Å². The van der Waals surface area contributed by atoms with Gasteiger partial charge in [0.2, 0.25) is 0 Å². The van der Waals surface area contributed by atoms with Crippen LogP contribution in [0, 0.1) is 17.3 Å². The first kappa shape index (κ1) is 12.5. The minimum absolute atomic E-state index is 0.0142. The summed E-state index contributed by atoms with van der Waals surface area (Å²) < 4.78 is 0.0142. The standard InChI is InChI=1S/C11H13Cl3O2/c12-8(9(13)14)6-7(10(15)16)11(6)4-2-1-3-5-11/h6-7H,1-5H2,(H,15,16). The van der Waals surface area contributed by atoms with Crippen molar-refractivity contribution in [2.24, 2.45) is 17.3 Å². The number of allylic oxidation sites excluding steroid dienone is 1. The lowest BCUT2D eigenvalue weighted by Gasteiger charge is -2.22. The third-order valence-electron chi connectivity index (χ3n) is 3.97. The number of carboxylic acid groups (broad SMARTS) is 1. The summed E-state index contributed by atoms with van der Waals surface area (Å²) in [4.78, 5) is 11.2. The van der Waals surface area contributed by atoms with E-state index in [1.165, 1.54) is 6.42 Å². The number of rotatable bonds is 2. The van der Waals surface area contributed by atoms with Crippen LogP contribution in [0.3, 0.4) is 0 Å². The van der Waals surface area contributed by atoms with Crippen molar-refractivity contribution in [3.05, 3.63) is 9.52 Å².